The Morgan fingerprint density at radius 1 is 0.884 bits per heavy atom. The standard InChI is InChI=1S/C31H26BrN3O8/c1-18-2-15-25-26(16-18)30(39)34(29(25)38)33(28(37)20-5-11-23(12-6-20)35(41)42)17-27(36)19-7-13-24(14-8-19)43-31(40)21-3-9-22(32)10-4-21/h3-14,18,25-26H,2,15-17H2,1H3/t18-,25+,26+/m1/s1. The van der Waals surface area contributed by atoms with Crippen molar-refractivity contribution in [1.29, 1.82) is 0 Å². The largest absolute Gasteiger partial charge is 0.423 e. The van der Waals surface area contributed by atoms with Crippen LogP contribution in [0.2, 0.25) is 0 Å². The van der Waals surface area contributed by atoms with E-state index in [9.17, 15) is 34.1 Å². The van der Waals surface area contributed by atoms with Crippen molar-refractivity contribution in [2.75, 3.05) is 6.54 Å². The molecule has 12 heteroatoms. The number of carbonyl (C=O) groups is 5. The fourth-order valence-corrected chi connectivity index (χ4v) is 5.67. The van der Waals surface area contributed by atoms with Crippen LogP contribution in [0.5, 0.6) is 5.75 Å². The normalized spacial score (nSPS) is 19.5. The number of carbonyl (C=O) groups excluding carboxylic acids is 5. The zero-order valence-electron chi connectivity index (χ0n) is 23.0. The molecule has 0 radical (unpaired) electrons. The zero-order valence-corrected chi connectivity index (χ0v) is 24.6. The highest BCUT2D eigenvalue weighted by molar-refractivity contribution is 9.10. The van der Waals surface area contributed by atoms with Crippen molar-refractivity contribution < 1.29 is 33.6 Å². The molecule has 0 unspecified atom stereocenters. The monoisotopic (exact) mass is 647 g/mol. The summed E-state index contributed by atoms with van der Waals surface area (Å²) in [7, 11) is 0. The fourth-order valence-electron chi connectivity index (χ4n) is 5.41. The summed E-state index contributed by atoms with van der Waals surface area (Å²) < 4.78 is 6.18. The quantitative estimate of drug-likeness (QED) is 0.0806. The number of nitrogens with zero attached hydrogens (tertiary/aromatic N) is 3. The molecule has 1 saturated carbocycles. The molecule has 5 rings (SSSR count). The summed E-state index contributed by atoms with van der Waals surface area (Å²) in [5, 5.41) is 12.7. The number of hydrogen-bond donors (Lipinski definition) is 0. The number of ketones is 1. The molecule has 2 fully saturated rings. The molecule has 2 aliphatic rings. The molecule has 43 heavy (non-hydrogen) atoms. The van der Waals surface area contributed by atoms with Gasteiger partial charge in [-0.05, 0) is 85.8 Å². The van der Waals surface area contributed by atoms with E-state index >= 15 is 0 Å². The van der Waals surface area contributed by atoms with Crippen molar-refractivity contribution in [3.63, 3.8) is 0 Å². The molecular weight excluding hydrogens is 622 g/mol. The van der Waals surface area contributed by atoms with Gasteiger partial charge in [-0.25, -0.2) is 9.80 Å². The fraction of sp³-hybridized carbons (Fsp3) is 0.258. The van der Waals surface area contributed by atoms with E-state index in [1.165, 1.54) is 36.4 Å². The number of Topliss-reactive ketones (excluding diaryl/α,β-unsaturated/α-hetero) is 1. The Kier molecular flexibility index (Phi) is 8.49. The van der Waals surface area contributed by atoms with Gasteiger partial charge in [-0.15, -0.1) is 0 Å². The van der Waals surface area contributed by atoms with Crippen molar-refractivity contribution in [2.45, 2.75) is 26.2 Å². The molecule has 1 saturated heterocycles. The van der Waals surface area contributed by atoms with Gasteiger partial charge in [0, 0.05) is 27.7 Å². The van der Waals surface area contributed by atoms with Gasteiger partial charge in [-0.2, -0.15) is 5.01 Å². The van der Waals surface area contributed by atoms with Crippen LogP contribution in [0.15, 0.2) is 77.3 Å². The lowest BCUT2D eigenvalue weighted by atomic mass is 9.76. The molecule has 220 valence electrons. The summed E-state index contributed by atoms with van der Waals surface area (Å²) >= 11 is 3.30. The second-order valence-electron chi connectivity index (χ2n) is 10.6. The van der Waals surface area contributed by atoms with Gasteiger partial charge >= 0.3 is 5.97 Å². The van der Waals surface area contributed by atoms with Crippen LogP contribution in [-0.2, 0) is 9.59 Å². The number of nitro groups is 1. The number of ether oxygens (including phenoxy) is 1. The molecule has 0 spiro atoms. The number of imide groups is 1. The topological polar surface area (TPSA) is 144 Å². The number of fused-ring (bicyclic) bond motifs is 1. The van der Waals surface area contributed by atoms with Crippen LogP contribution in [0.25, 0.3) is 0 Å². The van der Waals surface area contributed by atoms with Gasteiger partial charge in [0.05, 0.1) is 22.3 Å². The maximum atomic E-state index is 13.7. The minimum atomic E-state index is -0.823. The highest BCUT2D eigenvalue weighted by atomic mass is 79.9. The highest BCUT2D eigenvalue weighted by Gasteiger charge is 2.52. The van der Waals surface area contributed by atoms with Crippen LogP contribution in [0.1, 0.15) is 57.3 Å². The van der Waals surface area contributed by atoms with Gasteiger partial charge < -0.3 is 4.74 Å². The number of nitro benzene ring substituents is 1. The van der Waals surface area contributed by atoms with Gasteiger partial charge in [-0.1, -0.05) is 22.9 Å². The smallest absolute Gasteiger partial charge is 0.343 e. The van der Waals surface area contributed by atoms with E-state index < -0.39 is 52.8 Å². The SMILES string of the molecule is C[C@@H]1CC[C@@H]2C(=O)N(N(CC(=O)c3ccc(OC(=O)c4ccc(Br)cc4)cc3)C(=O)c3ccc([N+](=O)[O-])cc3)C(=O)[C@H]2C1. The van der Waals surface area contributed by atoms with Crippen LogP contribution >= 0.6 is 15.9 Å². The number of hydrazine groups is 1. The lowest BCUT2D eigenvalue weighted by molar-refractivity contribution is -0.384. The Balaban J connectivity index is 1.38. The van der Waals surface area contributed by atoms with E-state index in [0.717, 1.165) is 33.0 Å². The zero-order chi connectivity index (χ0) is 30.8. The Morgan fingerprint density at radius 2 is 1.47 bits per heavy atom. The molecule has 3 atom stereocenters. The summed E-state index contributed by atoms with van der Waals surface area (Å²) in [6, 6.07) is 17.0. The molecule has 3 aromatic carbocycles. The molecule has 1 heterocycles. The molecule has 11 nitrogen and oxygen atoms in total. The lowest BCUT2D eigenvalue weighted by Crippen LogP contribution is -2.52. The third-order valence-electron chi connectivity index (χ3n) is 7.73. The maximum absolute atomic E-state index is 13.7. The summed E-state index contributed by atoms with van der Waals surface area (Å²) in [4.78, 5) is 76.9. The van der Waals surface area contributed by atoms with Gasteiger partial charge in [0.1, 0.15) is 12.3 Å². The number of rotatable bonds is 8. The number of benzene rings is 3. The number of amides is 3. The minimum Gasteiger partial charge on any atom is -0.423 e. The molecular formula is C31H26BrN3O8. The maximum Gasteiger partial charge on any atom is 0.343 e. The first-order valence-corrected chi connectivity index (χ1v) is 14.4. The molecule has 1 aliphatic heterocycles. The van der Waals surface area contributed by atoms with Crippen LogP contribution < -0.4 is 4.74 Å². The molecule has 3 amide bonds. The number of hydrogen-bond acceptors (Lipinski definition) is 8. The lowest BCUT2D eigenvalue weighted by Gasteiger charge is -2.30. The third-order valence-corrected chi connectivity index (χ3v) is 8.25. The van der Waals surface area contributed by atoms with E-state index in [1.54, 1.807) is 24.3 Å². The van der Waals surface area contributed by atoms with Crippen molar-refractivity contribution in [1.82, 2.24) is 10.0 Å². The van der Waals surface area contributed by atoms with Crippen LogP contribution in [0.4, 0.5) is 5.69 Å². The van der Waals surface area contributed by atoms with Crippen LogP contribution in [0, 0.1) is 27.9 Å². The Hall–Kier alpha value is -4.71. The second-order valence-corrected chi connectivity index (χ2v) is 11.5. The molecule has 1 aliphatic carbocycles. The van der Waals surface area contributed by atoms with E-state index in [-0.39, 0.29) is 28.5 Å². The molecule has 3 aromatic rings. The van der Waals surface area contributed by atoms with E-state index in [4.69, 9.17) is 4.74 Å². The Morgan fingerprint density at radius 3 is 2.09 bits per heavy atom. The summed E-state index contributed by atoms with van der Waals surface area (Å²) in [5.74, 6) is -3.82. The minimum absolute atomic E-state index is 0.0301. The van der Waals surface area contributed by atoms with E-state index in [0.29, 0.717) is 18.4 Å². The van der Waals surface area contributed by atoms with Crippen LogP contribution in [-0.4, -0.2) is 51.0 Å². The number of halogens is 1. The first-order chi connectivity index (χ1) is 20.5. The van der Waals surface area contributed by atoms with Crippen molar-refractivity contribution >= 4 is 51.1 Å². The van der Waals surface area contributed by atoms with Crippen LogP contribution in [0.3, 0.4) is 0 Å². The Bertz CT molecular complexity index is 1610. The van der Waals surface area contributed by atoms with E-state index in [1.807, 2.05) is 6.92 Å². The van der Waals surface area contributed by atoms with Gasteiger partial charge in [0.2, 0.25) is 0 Å². The van der Waals surface area contributed by atoms with Crippen molar-refractivity contribution in [2.24, 2.45) is 17.8 Å². The summed E-state index contributed by atoms with van der Waals surface area (Å²) in [5.41, 5.74) is 0.208. The number of non-ortho nitro benzene ring substituents is 1. The highest BCUT2D eigenvalue weighted by Crippen LogP contribution is 2.41. The molecule has 0 N–H and O–H groups in total. The first-order valence-electron chi connectivity index (χ1n) is 13.6. The summed E-state index contributed by atoms with van der Waals surface area (Å²) in [6.07, 6.45) is 1.77. The summed E-state index contributed by atoms with van der Waals surface area (Å²) in [6.45, 7) is 1.36. The van der Waals surface area contributed by atoms with Crippen molar-refractivity contribution in [3.05, 3.63) is 104 Å². The van der Waals surface area contributed by atoms with E-state index in [2.05, 4.69) is 15.9 Å². The third kappa shape index (κ3) is 6.24. The number of esters is 1. The molecule has 0 bridgehead atoms. The average Bonchev–Trinajstić information content (AvgIpc) is 3.24. The molecule has 0 aromatic heterocycles. The predicted molar refractivity (Wildman–Crippen MR) is 156 cm³/mol. The van der Waals surface area contributed by atoms with Gasteiger partial charge in [0.25, 0.3) is 23.4 Å². The second kappa shape index (κ2) is 12.3. The van der Waals surface area contributed by atoms with Crippen molar-refractivity contribution in [3.8, 4) is 5.75 Å². The Labute approximate surface area is 254 Å². The van der Waals surface area contributed by atoms with Gasteiger partial charge in [-0.3, -0.25) is 29.3 Å². The van der Waals surface area contributed by atoms with Gasteiger partial charge in [0.15, 0.2) is 5.78 Å². The predicted octanol–water partition coefficient (Wildman–Crippen LogP) is 5.24. The first kappa shape index (κ1) is 29.8. The average molecular weight is 648 g/mol.